The second kappa shape index (κ2) is 9.47. The Labute approximate surface area is 193 Å². The van der Waals surface area contributed by atoms with Gasteiger partial charge in [-0.2, -0.15) is 5.10 Å². The smallest absolute Gasteiger partial charge is 0.162 e. The molecular formula is C25H19IrN5. The monoisotopic (exact) mass is 582 g/mol. The SMILES string of the molecule is C1=NC(=Nc2[nH]cc3ccccc23)c2ccccc21.[Ir].c1ccc(-n2cccn2)cc1. The zero-order valence-electron chi connectivity index (χ0n) is 16.5. The number of hydrogen-bond acceptors (Lipinski definition) is 2. The summed E-state index contributed by atoms with van der Waals surface area (Å²) in [5.41, 5.74) is 3.30. The molecule has 0 bridgehead atoms. The number of aromatic amines is 1. The third kappa shape index (κ3) is 4.45. The number of benzene rings is 3. The number of aliphatic imine (C=N–C) groups is 2. The van der Waals surface area contributed by atoms with Crippen molar-refractivity contribution in [3.05, 3.63) is 115 Å². The van der Waals surface area contributed by atoms with Crippen LogP contribution in [0.25, 0.3) is 16.5 Å². The van der Waals surface area contributed by atoms with Gasteiger partial charge in [0.25, 0.3) is 0 Å². The Morgan fingerprint density at radius 3 is 2.42 bits per heavy atom. The van der Waals surface area contributed by atoms with Crippen molar-refractivity contribution in [1.82, 2.24) is 14.8 Å². The normalized spacial score (nSPS) is 12.8. The van der Waals surface area contributed by atoms with Crippen LogP contribution in [0.1, 0.15) is 11.1 Å². The third-order valence-corrected chi connectivity index (χ3v) is 4.85. The van der Waals surface area contributed by atoms with Crippen molar-refractivity contribution < 1.29 is 20.1 Å². The maximum absolute atomic E-state index is 4.65. The van der Waals surface area contributed by atoms with Crippen molar-refractivity contribution in [3.63, 3.8) is 0 Å². The molecule has 6 heteroatoms. The predicted octanol–water partition coefficient (Wildman–Crippen LogP) is 5.55. The fraction of sp³-hybridized carbons (Fsp3) is 0. The Kier molecular flexibility index (Phi) is 6.31. The summed E-state index contributed by atoms with van der Waals surface area (Å²) in [6.45, 7) is 0. The molecule has 0 unspecified atom stereocenters. The topological polar surface area (TPSA) is 58.3 Å². The number of rotatable bonds is 2. The van der Waals surface area contributed by atoms with Crippen molar-refractivity contribution in [3.8, 4) is 5.69 Å². The van der Waals surface area contributed by atoms with Crippen LogP contribution in [0.5, 0.6) is 0 Å². The Bertz CT molecular complexity index is 1330. The van der Waals surface area contributed by atoms with Gasteiger partial charge in [0.05, 0.1) is 5.69 Å². The van der Waals surface area contributed by atoms with Crippen LogP contribution in [-0.2, 0) is 20.1 Å². The molecule has 0 atom stereocenters. The van der Waals surface area contributed by atoms with Crippen molar-refractivity contribution in [2.24, 2.45) is 9.98 Å². The van der Waals surface area contributed by atoms with E-state index in [-0.39, 0.29) is 20.1 Å². The minimum absolute atomic E-state index is 0. The number of nitrogens with one attached hydrogen (secondary N) is 1. The number of nitrogens with zero attached hydrogens (tertiary/aromatic N) is 4. The fourth-order valence-corrected chi connectivity index (χ4v) is 3.37. The molecule has 0 aliphatic carbocycles. The average Bonchev–Trinajstić information content (AvgIpc) is 3.56. The largest absolute Gasteiger partial charge is 0.345 e. The quantitative estimate of drug-likeness (QED) is 0.292. The Morgan fingerprint density at radius 1 is 0.806 bits per heavy atom. The van der Waals surface area contributed by atoms with E-state index in [1.807, 2.05) is 96.1 Å². The van der Waals surface area contributed by atoms with Crippen molar-refractivity contribution in [1.29, 1.82) is 0 Å². The molecule has 0 saturated carbocycles. The molecule has 1 N–H and O–H groups in total. The van der Waals surface area contributed by atoms with Gasteiger partial charge in [0.15, 0.2) is 5.84 Å². The van der Waals surface area contributed by atoms with Crippen LogP contribution in [-0.4, -0.2) is 26.8 Å². The van der Waals surface area contributed by atoms with Gasteiger partial charge in [0.2, 0.25) is 0 Å². The van der Waals surface area contributed by atoms with E-state index in [0.29, 0.717) is 0 Å². The first kappa shape index (κ1) is 20.7. The minimum atomic E-state index is 0. The Morgan fingerprint density at radius 2 is 1.58 bits per heavy atom. The first-order valence-electron chi connectivity index (χ1n) is 9.72. The summed E-state index contributed by atoms with van der Waals surface area (Å²) in [6, 6.07) is 28.2. The maximum Gasteiger partial charge on any atom is 0.162 e. The number of para-hydroxylation sites is 1. The third-order valence-electron chi connectivity index (χ3n) is 4.85. The molecule has 0 saturated heterocycles. The Balaban J connectivity index is 0.000000165. The van der Waals surface area contributed by atoms with E-state index in [4.69, 9.17) is 0 Å². The number of fused-ring (bicyclic) bond motifs is 2. The zero-order chi connectivity index (χ0) is 20.2. The van der Waals surface area contributed by atoms with Crippen LogP contribution in [0, 0.1) is 0 Å². The molecule has 3 aromatic carbocycles. The van der Waals surface area contributed by atoms with Gasteiger partial charge in [-0.15, -0.1) is 0 Å². The van der Waals surface area contributed by atoms with Crippen LogP contribution in [0.15, 0.2) is 114 Å². The summed E-state index contributed by atoms with van der Waals surface area (Å²) < 4.78 is 1.83. The van der Waals surface area contributed by atoms with Gasteiger partial charge in [-0.05, 0) is 18.2 Å². The second-order valence-corrected chi connectivity index (χ2v) is 6.79. The van der Waals surface area contributed by atoms with E-state index < -0.39 is 0 Å². The number of aromatic nitrogens is 3. The molecule has 2 aromatic heterocycles. The molecule has 1 aliphatic heterocycles. The minimum Gasteiger partial charge on any atom is -0.345 e. The van der Waals surface area contributed by atoms with Gasteiger partial charge in [0, 0.05) is 66.8 Å². The molecule has 5 nitrogen and oxygen atoms in total. The van der Waals surface area contributed by atoms with Crippen LogP contribution < -0.4 is 0 Å². The van der Waals surface area contributed by atoms with Crippen LogP contribution in [0.3, 0.4) is 0 Å². The molecule has 5 aromatic rings. The molecule has 6 rings (SSSR count). The van der Waals surface area contributed by atoms with Crippen LogP contribution in [0.2, 0.25) is 0 Å². The maximum atomic E-state index is 4.65. The zero-order valence-corrected chi connectivity index (χ0v) is 18.9. The first-order valence-corrected chi connectivity index (χ1v) is 9.72. The van der Waals surface area contributed by atoms with E-state index in [1.54, 1.807) is 6.20 Å². The number of hydrogen-bond donors (Lipinski definition) is 1. The van der Waals surface area contributed by atoms with Gasteiger partial charge < -0.3 is 4.98 Å². The number of H-pyrrole nitrogens is 1. The van der Waals surface area contributed by atoms with Gasteiger partial charge in [-0.1, -0.05) is 66.7 Å². The molecule has 1 aliphatic rings. The summed E-state index contributed by atoms with van der Waals surface area (Å²) in [5.74, 6) is 1.63. The van der Waals surface area contributed by atoms with Crippen LogP contribution >= 0.6 is 0 Å². The summed E-state index contributed by atoms with van der Waals surface area (Å²) >= 11 is 0. The van der Waals surface area contributed by atoms with E-state index in [2.05, 4.69) is 32.2 Å². The van der Waals surface area contributed by atoms with E-state index in [1.165, 1.54) is 0 Å². The summed E-state index contributed by atoms with van der Waals surface area (Å²) in [6.07, 6.45) is 7.53. The average molecular weight is 582 g/mol. The molecule has 1 radical (unpaired) electrons. The summed E-state index contributed by atoms with van der Waals surface area (Å²) in [5, 5.41) is 6.39. The molecule has 31 heavy (non-hydrogen) atoms. The standard InChI is InChI=1S/C16H11N3.C9H8N2.Ir/c1-3-7-13-11(5-1)9-17-15(13)19-16-14-8-4-2-6-12(14)10-18-16;1-2-5-9(6-3-1)11-8-4-7-10-11;/h1-10,17H;1-8H;. The fourth-order valence-electron chi connectivity index (χ4n) is 3.37. The van der Waals surface area contributed by atoms with E-state index >= 15 is 0 Å². The second-order valence-electron chi connectivity index (χ2n) is 6.79. The van der Waals surface area contributed by atoms with Gasteiger partial charge in [-0.25, -0.2) is 14.7 Å². The number of amidine groups is 1. The van der Waals surface area contributed by atoms with Crippen LogP contribution in [0.4, 0.5) is 5.82 Å². The molecule has 0 amide bonds. The summed E-state index contributed by atoms with van der Waals surface area (Å²) in [4.78, 5) is 12.3. The summed E-state index contributed by atoms with van der Waals surface area (Å²) in [7, 11) is 0. The van der Waals surface area contributed by atoms with Crippen molar-refractivity contribution in [2.75, 3.05) is 0 Å². The predicted molar refractivity (Wildman–Crippen MR) is 122 cm³/mol. The van der Waals surface area contributed by atoms with E-state index in [0.717, 1.165) is 39.2 Å². The Hall–Kier alpha value is -3.60. The molecule has 0 spiro atoms. The van der Waals surface area contributed by atoms with Gasteiger partial charge in [0.1, 0.15) is 5.82 Å². The first-order chi connectivity index (χ1) is 14.9. The van der Waals surface area contributed by atoms with Crippen molar-refractivity contribution in [2.45, 2.75) is 0 Å². The molecular weight excluding hydrogens is 563 g/mol. The molecule has 0 fully saturated rings. The van der Waals surface area contributed by atoms with Gasteiger partial charge in [-0.3, -0.25) is 0 Å². The van der Waals surface area contributed by atoms with Gasteiger partial charge >= 0.3 is 0 Å². The van der Waals surface area contributed by atoms with E-state index in [9.17, 15) is 0 Å². The molecule has 3 heterocycles. The van der Waals surface area contributed by atoms with Crippen molar-refractivity contribution >= 4 is 28.6 Å². The molecule has 153 valence electrons.